The van der Waals surface area contributed by atoms with Crippen LogP contribution in [0.25, 0.3) is 0 Å². The van der Waals surface area contributed by atoms with Gasteiger partial charge in [0.25, 0.3) is 0 Å². The lowest BCUT2D eigenvalue weighted by Gasteiger charge is -2.14. The standard InChI is InChI=1S/C14H14N2O4S/c1-10(13-7-2-3-8-15-13)16-21(19,20)12-6-4-5-11(9-12)14(17)18/h2-10,16H,1H3,(H,17,18). The molecule has 0 aliphatic heterocycles. The number of hydrogen-bond donors (Lipinski definition) is 2. The Bertz CT molecular complexity index is 745. The SMILES string of the molecule is CC(NS(=O)(=O)c1cccc(C(=O)O)c1)c1ccccn1. The molecule has 7 heteroatoms. The molecule has 21 heavy (non-hydrogen) atoms. The quantitative estimate of drug-likeness (QED) is 0.878. The average molecular weight is 306 g/mol. The van der Waals surface area contributed by atoms with E-state index in [1.54, 1.807) is 31.3 Å². The molecular weight excluding hydrogens is 292 g/mol. The summed E-state index contributed by atoms with van der Waals surface area (Å²) in [6.45, 7) is 1.67. The molecule has 0 amide bonds. The predicted octanol–water partition coefficient (Wildman–Crippen LogP) is 1.82. The van der Waals surface area contributed by atoms with Gasteiger partial charge in [0.2, 0.25) is 10.0 Å². The Kier molecular flexibility index (Phi) is 4.35. The molecule has 0 saturated heterocycles. The van der Waals surface area contributed by atoms with E-state index in [1.807, 2.05) is 0 Å². The maximum absolute atomic E-state index is 12.3. The zero-order chi connectivity index (χ0) is 15.5. The van der Waals surface area contributed by atoms with Crippen molar-refractivity contribution in [2.45, 2.75) is 17.9 Å². The number of nitrogens with zero attached hydrogens (tertiary/aromatic N) is 1. The van der Waals surface area contributed by atoms with Gasteiger partial charge >= 0.3 is 5.97 Å². The number of carboxylic acids is 1. The topological polar surface area (TPSA) is 96.4 Å². The highest BCUT2D eigenvalue weighted by Crippen LogP contribution is 2.16. The van der Waals surface area contributed by atoms with Crippen molar-refractivity contribution in [1.82, 2.24) is 9.71 Å². The molecule has 0 fully saturated rings. The molecule has 0 aliphatic rings. The lowest BCUT2D eigenvalue weighted by atomic mass is 10.2. The van der Waals surface area contributed by atoms with Crippen LogP contribution in [0.2, 0.25) is 0 Å². The number of aromatic carboxylic acids is 1. The Morgan fingerprint density at radius 2 is 2.00 bits per heavy atom. The predicted molar refractivity (Wildman–Crippen MR) is 76.4 cm³/mol. The Morgan fingerprint density at radius 1 is 1.24 bits per heavy atom. The van der Waals surface area contributed by atoms with Crippen LogP contribution in [-0.4, -0.2) is 24.5 Å². The molecule has 0 bridgehead atoms. The molecular formula is C14H14N2O4S. The third-order valence-electron chi connectivity index (χ3n) is 2.85. The van der Waals surface area contributed by atoms with Crippen molar-refractivity contribution in [1.29, 1.82) is 0 Å². The van der Waals surface area contributed by atoms with Crippen molar-refractivity contribution in [2.75, 3.05) is 0 Å². The van der Waals surface area contributed by atoms with Gasteiger partial charge in [-0.25, -0.2) is 17.9 Å². The lowest BCUT2D eigenvalue weighted by Crippen LogP contribution is -2.27. The zero-order valence-corrected chi connectivity index (χ0v) is 12.0. The van der Waals surface area contributed by atoms with E-state index < -0.39 is 22.0 Å². The summed E-state index contributed by atoms with van der Waals surface area (Å²) in [5.74, 6) is -1.18. The van der Waals surface area contributed by atoms with Crippen molar-refractivity contribution in [2.24, 2.45) is 0 Å². The van der Waals surface area contributed by atoms with E-state index in [4.69, 9.17) is 5.11 Å². The molecule has 2 aromatic rings. The third kappa shape index (κ3) is 3.65. The summed E-state index contributed by atoms with van der Waals surface area (Å²) < 4.78 is 27.0. The maximum atomic E-state index is 12.3. The average Bonchev–Trinajstić information content (AvgIpc) is 2.48. The van der Waals surface area contributed by atoms with Gasteiger partial charge in [0.1, 0.15) is 0 Å². The lowest BCUT2D eigenvalue weighted by molar-refractivity contribution is 0.0696. The van der Waals surface area contributed by atoms with Crippen LogP contribution in [-0.2, 0) is 10.0 Å². The van der Waals surface area contributed by atoms with Crippen molar-refractivity contribution in [3.63, 3.8) is 0 Å². The molecule has 0 radical (unpaired) electrons. The highest BCUT2D eigenvalue weighted by atomic mass is 32.2. The van der Waals surface area contributed by atoms with Crippen molar-refractivity contribution >= 4 is 16.0 Å². The first-order chi connectivity index (χ1) is 9.90. The van der Waals surface area contributed by atoms with E-state index in [0.717, 1.165) is 6.07 Å². The van der Waals surface area contributed by atoms with Crippen LogP contribution in [0.1, 0.15) is 29.0 Å². The zero-order valence-electron chi connectivity index (χ0n) is 11.2. The first kappa shape index (κ1) is 15.1. The van der Waals surface area contributed by atoms with Gasteiger partial charge in [-0.2, -0.15) is 0 Å². The second-order valence-corrected chi connectivity index (χ2v) is 6.14. The maximum Gasteiger partial charge on any atom is 0.335 e. The summed E-state index contributed by atoms with van der Waals surface area (Å²) in [7, 11) is -3.82. The fourth-order valence-corrected chi connectivity index (χ4v) is 3.05. The van der Waals surface area contributed by atoms with Crippen LogP contribution in [0, 0.1) is 0 Å². The van der Waals surface area contributed by atoms with Gasteiger partial charge in [-0.05, 0) is 37.3 Å². The molecule has 0 aliphatic carbocycles. The molecule has 0 saturated carbocycles. The minimum Gasteiger partial charge on any atom is -0.478 e. The normalized spacial score (nSPS) is 12.8. The molecule has 1 atom stereocenters. The summed E-state index contributed by atoms with van der Waals surface area (Å²) in [6, 6.07) is 9.88. The van der Waals surface area contributed by atoms with Crippen LogP contribution in [0.15, 0.2) is 53.6 Å². The molecule has 1 aromatic carbocycles. The number of aromatic nitrogens is 1. The van der Waals surface area contributed by atoms with E-state index in [2.05, 4.69) is 9.71 Å². The van der Waals surface area contributed by atoms with E-state index >= 15 is 0 Å². The molecule has 6 nitrogen and oxygen atoms in total. The summed E-state index contributed by atoms with van der Waals surface area (Å²) in [5, 5.41) is 8.91. The first-order valence-electron chi connectivity index (χ1n) is 6.17. The molecule has 1 aromatic heterocycles. The summed E-state index contributed by atoms with van der Waals surface area (Å²) in [5.41, 5.74) is 0.499. The first-order valence-corrected chi connectivity index (χ1v) is 7.65. The highest BCUT2D eigenvalue weighted by Gasteiger charge is 2.20. The van der Waals surface area contributed by atoms with Crippen molar-refractivity contribution in [3.05, 3.63) is 59.9 Å². The Hall–Kier alpha value is -2.25. The number of nitrogens with one attached hydrogen (secondary N) is 1. The van der Waals surface area contributed by atoms with Crippen LogP contribution in [0.4, 0.5) is 0 Å². The van der Waals surface area contributed by atoms with Gasteiger partial charge in [-0.3, -0.25) is 4.98 Å². The van der Waals surface area contributed by atoms with Gasteiger partial charge in [-0.1, -0.05) is 12.1 Å². The monoisotopic (exact) mass is 306 g/mol. The van der Waals surface area contributed by atoms with Crippen LogP contribution < -0.4 is 4.72 Å². The van der Waals surface area contributed by atoms with E-state index in [9.17, 15) is 13.2 Å². The number of benzene rings is 1. The van der Waals surface area contributed by atoms with Crippen molar-refractivity contribution < 1.29 is 18.3 Å². The smallest absolute Gasteiger partial charge is 0.335 e. The number of carboxylic acid groups (broad SMARTS) is 1. The number of pyridine rings is 1. The van der Waals surface area contributed by atoms with Gasteiger partial charge in [-0.15, -0.1) is 0 Å². The fraction of sp³-hybridized carbons (Fsp3) is 0.143. The summed E-state index contributed by atoms with van der Waals surface area (Å²) >= 11 is 0. The van der Waals surface area contributed by atoms with E-state index in [0.29, 0.717) is 5.69 Å². The minimum atomic E-state index is -3.82. The third-order valence-corrected chi connectivity index (χ3v) is 4.39. The second-order valence-electron chi connectivity index (χ2n) is 4.43. The Morgan fingerprint density at radius 3 is 2.62 bits per heavy atom. The van der Waals surface area contributed by atoms with E-state index in [-0.39, 0.29) is 10.5 Å². The van der Waals surface area contributed by atoms with Gasteiger partial charge in [0.15, 0.2) is 0 Å². The van der Waals surface area contributed by atoms with Crippen LogP contribution >= 0.6 is 0 Å². The molecule has 2 rings (SSSR count). The molecule has 1 heterocycles. The van der Waals surface area contributed by atoms with Crippen molar-refractivity contribution in [3.8, 4) is 0 Å². The van der Waals surface area contributed by atoms with Gasteiger partial charge in [0.05, 0.1) is 22.2 Å². The van der Waals surface area contributed by atoms with Gasteiger partial charge in [0, 0.05) is 6.20 Å². The largest absolute Gasteiger partial charge is 0.478 e. The highest BCUT2D eigenvalue weighted by molar-refractivity contribution is 7.89. The van der Waals surface area contributed by atoms with Crippen LogP contribution in [0.5, 0.6) is 0 Å². The molecule has 0 spiro atoms. The van der Waals surface area contributed by atoms with Crippen LogP contribution in [0.3, 0.4) is 0 Å². The summed E-state index contributed by atoms with van der Waals surface area (Å²) in [6.07, 6.45) is 1.57. The number of sulfonamides is 1. The molecule has 2 N–H and O–H groups in total. The minimum absolute atomic E-state index is 0.0802. The Labute approximate surface area is 122 Å². The molecule has 110 valence electrons. The number of hydrogen-bond acceptors (Lipinski definition) is 4. The summed E-state index contributed by atoms with van der Waals surface area (Å²) in [4.78, 5) is 14.9. The van der Waals surface area contributed by atoms with E-state index in [1.165, 1.54) is 18.2 Å². The molecule has 1 unspecified atom stereocenters. The second kappa shape index (κ2) is 6.02. The fourth-order valence-electron chi connectivity index (χ4n) is 1.79. The number of rotatable bonds is 5. The Balaban J connectivity index is 2.26. The number of carbonyl (C=O) groups is 1. The van der Waals surface area contributed by atoms with Gasteiger partial charge < -0.3 is 5.11 Å².